The summed E-state index contributed by atoms with van der Waals surface area (Å²) in [6.07, 6.45) is 4.85. The first-order valence-corrected chi connectivity index (χ1v) is 9.95. The molecule has 8 heteroatoms. The Kier molecular flexibility index (Phi) is 5.27. The maximum Gasteiger partial charge on any atom is 0.317 e. The minimum atomic E-state index is 0.00638. The first-order chi connectivity index (χ1) is 13.6. The third kappa shape index (κ3) is 3.85. The summed E-state index contributed by atoms with van der Waals surface area (Å²) in [5.74, 6) is 1.16. The van der Waals surface area contributed by atoms with Crippen LogP contribution in [0, 0.1) is 13.8 Å². The molecule has 0 radical (unpaired) electrons. The van der Waals surface area contributed by atoms with Gasteiger partial charge in [0.1, 0.15) is 5.82 Å². The highest BCUT2D eigenvalue weighted by atomic mass is 16.2. The Morgan fingerprint density at radius 1 is 1.29 bits per heavy atom. The topological polar surface area (TPSA) is 80.4 Å². The minimum Gasteiger partial charge on any atom is -0.338 e. The standard InChI is InChI=1S/C20H27N7O/c1-15-13-16(2)27(24-15)12-6-9-21-20(28)25-10-5-7-17(14-25)19-23-22-18-8-3-4-11-26(18)19/h3-4,8,11,13,17H,5-7,9-10,12,14H2,1-2H3,(H,21,28)/t17-/m1/s1. The molecule has 1 fully saturated rings. The number of amides is 2. The number of hydrogen-bond acceptors (Lipinski definition) is 4. The average Bonchev–Trinajstić information content (AvgIpc) is 3.27. The second kappa shape index (κ2) is 8.00. The van der Waals surface area contributed by atoms with E-state index in [0.29, 0.717) is 13.1 Å². The van der Waals surface area contributed by atoms with Crippen LogP contribution in [0.25, 0.3) is 5.65 Å². The van der Waals surface area contributed by atoms with Gasteiger partial charge in [0.05, 0.1) is 5.69 Å². The molecule has 0 aromatic carbocycles. The molecule has 1 aliphatic rings. The number of piperidine rings is 1. The molecule has 1 aliphatic heterocycles. The van der Waals surface area contributed by atoms with Gasteiger partial charge in [0, 0.05) is 44.0 Å². The van der Waals surface area contributed by atoms with Gasteiger partial charge < -0.3 is 10.2 Å². The highest BCUT2D eigenvalue weighted by Gasteiger charge is 2.27. The summed E-state index contributed by atoms with van der Waals surface area (Å²) < 4.78 is 4.02. The smallest absolute Gasteiger partial charge is 0.317 e. The van der Waals surface area contributed by atoms with Gasteiger partial charge in [-0.2, -0.15) is 5.10 Å². The molecule has 2 amide bonds. The van der Waals surface area contributed by atoms with E-state index in [1.54, 1.807) is 0 Å². The molecule has 0 saturated carbocycles. The second-order valence-corrected chi connectivity index (χ2v) is 7.51. The van der Waals surface area contributed by atoms with Crippen molar-refractivity contribution < 1.29 is 4.79 Å². The van der Waals surface area contributed by atoms with Gasteiger partial charge in [-0.3, -0.25) is 9.08 Å². The van der Waals surface area contributed by atoms with Crippen molar-refractivity contribution in [3.63, 3.8) is 0 Å². The zero-order valence-electron chi connectivity index (χ0n) is 16.5. The lowest BCUT2D eigenvalue weighted by atomic mass is 9.97. The lowest BCUT2D eigenvalue weighted by molar-refractivity contribution is 0.178. The lowest BCUT2D eigenvalue weighted by Gasteiger charge is -2.32. The van der Waals surface area contributed by atoms with Crippen LogP contribution in [0.2, 0.25) is 0 Å². The van der Waals surface area contributed by atoms with Crippen LogP contribution in [0.4, 0.5) is 4.79 Å². The number of nitrogens with zero attached hydrogens (tertiary/aromatic N) is 6. The van der Waals surface area contributed by atoms with Gasteiger partial charge in [0.15, 0.2) is 5.65 Å². The van der Waals surface area contributed by atoms with Gasteiger partial charge in [-0.15, -0.1) is 10.2 Å². The molecule has 0 aliphatic carbocycles. The Balaban J connectivity index is 1.30. The molecule has 0 spiro atoms. The number of likely N-dealkylation sites (tertiary alicyclic amines) is 1. The summed E-state index contributed by atoms with van der Waals surface area (Å²) in [4.78, 5) is 14.5. The zero-order valence-corrected chi connectivity index (χ0v) is 16.5. The first kappa shape index (κ1) is 18.5. The number of pyridine rings is 1. The van der Waals surface area contributed by atoms with Crippen LogP contribution in [0.15, 0.2) is 30.5 Å². The van der Waals surface area contributed by atoms with E-state index >= 15 is 0 Å². The van der Waals surface area contributed by atoms with E-state index in [4.69, 9.17) is 0 Å². The SMILES string of the molecule is Cc1cc(C)n(CCCNC(=O)N2CCC[C@@H](c3nnc4ccccn34)C2)n1. The van der Waals surface area contributed by atoms with E-state index < -0.39 is 0 Å². The Labute approximate surface area is 164 Å². The molecule has 3 aromatic heterocycles. The number of hydrogen-bond donors (Lipinski definition) is 1. The molecule has 148 valence electrons. The van der Waals surface area contributed by atoms with E-state index in [1.165, 1.54) is 0 Å². The van der Waals surface area contributed by atoms with Crippen LogP contribution in [-0.2, 0) is 6.54 Å². The maximum absolute atomic E-state index is 12.6. The maximum atomic E-state index is 12.6. The van der Waals surface area contributed by atoms with Crippen LogP contribution in [0.5, 0.6) is 0 Å². The van der Waals surface area contributed by atoms with E-state index in [1.807, 2.05) is 45.3 Å². The lowest BCUT2D eigenvalue weighted by Crippen LogP contribution is -2.45. The summed E-state index contributed by atoms with van der Waals surface area (Å²) >= 11 is 0. The third-order valence-corrected chi connectivity index (χ3v) is 5.34. The number of carbonyl (C=O) groups is 1. The summed E-state index contributed by atoms with van der Waals surface area (Å²) in [5.41, 5.74) is 3.04. The summed E-state index contributed by atoms with van der Waals surface area (Å²) in [6.45, 7) is 6.98. The molecule has 28 heavy (non-hydrogen) atoms. The molecule has 8 nitrogen and oxygen atoms in total. The van der Waals surface area contributed by atoms with Crippen molar-refractivity contribution in [3.05, 3.63) is 47.7 Å². The third-order valence-electron chi connectivity index (χ3n) is 5.34. The van der Waals surface area contributed by atoms with E-state index in [2.05, 4.69) is 33.6 Å². The minimum absolute atomic E-state index is 0.00638. The molecule has 1 saturated heterocycles. The van der Waals surface area contributed by atoms with Gasteiger partial charge in [-0.25, -0.2) is 4.79 Å². The van der Waals surface area contributed by atoms with E-state index in [-0.39, 0.29) is 11.9 Å². The van der Waals surface area contributed by atoms with Crippen molar-refractivity contribution >= 4 is 11.7 Å². The van der Waals surface area contributed by atoms with Crippen LogP contribution < -0.4 is 5.32 Å². The van der Waals surface area contributed by atoms with Crippen molar-refractivity contribution in [2.75, 3.05) is 19.6 Å². The fourth-order valence-corrected chi connectivity index (χ4v) is 3.95. The molecule has 0 unspecified atom stereocenters. The van der Waals surface area contributed by atoms with Gasteiger partial charge in [-0.1, -0.05) is 6.07 Å². The van der Waals surface area contributed by atoms with Crippen LogP contribution in [0.1, 0.15) is 42.4 Å². The molecule has 0 bridgehead atoms. The van der Waals surface area contributed by atoms with E-state index in [9.17, 15) is 4.79 Å². The second-order valence-electron chi connectivity index (χ2n) is 7.51. The summed E-state index contributed by atoms with van der Waals surface area (Å²) in [7, 11) is 0. The Morgan fingerprint density at radius 3 is 3.00 bits per heavy atom. The van der Waals surface area contributed by atoms with Crippen molar-refractivity contribution in [2.24, 2.45) is 0 Å². The van der Waals surface area contributed by atoms with Crippen molar-refractivity contribution in [3.8, 4) is 0 Å². The summed E-state index contributed by atoms with van der Waals surface area (Å²) in [6, 6.07) is 7.97. The highest BCUT2D eigenvalue weighted by molar-refractivity contribution is 5.74. The number of aryl methyl sites for hydroxylation is 3. The van der Waals surface area contributed by atoms with E-state index in [0.717, 1.165) is 55.2 Å². The molecule has 1 atom stereocenters. The Morgan fingerprint density at radius 2 is 2.18 bits per heavy atom. The average molecular weight is 381 g/mol. The number of nitrogens with one attached hydrogen (secondary N) is 1. The molecular weight excluding hydrogens is 354 g/mol. The van der Waals surface area contributed by atoms with Crippen molar-refractivity contribution in [1.82, 2.24) is 34.6 Å². The molecule has 1 N–H and O–H groups in total. The zero-order chi connectivity index (χ0) is 19.5. The molecule has 3 aromatic rings. The monoisotopic (exact) mass is 381 g/mol. The highest BCUT2D eigenvalue weighted by Crippen LogP contribution is 2.26. The molecule has 4 rings (SSSR count). The number of rotatable bonds is 5. The van der Waals surface area contributed by atoms with Gasteiger partial charge >= 0.3 is 6.03 Å². The molecular formula is C20H27N7O. The van der Waals surface area contributed by atoms with Crippen LogP contribution >= 0.6 is 0 Å². The predicted molar refractivity (Wildman–Crippen MR) is 106 cm³/mol. The first-order valence-electron chi connectivity index (χ1n) is 9.95. The number of carbonyl (C=O) groups excluding carboxylic acids is 1. The fraction of sp³-hybridized carbons (Fsp3) is 0.500. The van der Waals surface area contributed by atoms with Crippen molar-refractivity contribution in [1.29, 1.82) is 0 Å². The Bertz CT molecular complexity index is 961. The van der Waals surface area contributed by atoms with Crippen molar-refractivity contribution in [2.45, 2.75) is 45.6 Å². The number of fused-ring (bicyclic) bond motifs is 1. The summed E-state index contributed by atoms with van der Waals surface area (Å²) in [5, 5.41) is 16.1. The van der Waals surface area contributed by atoms with Gasteiger partial charge in [0.2, 0.25) is 0 Å². The normalized spacial score (nSPS) is 17.2. The predicted octanol–water partition coefficient (Wildman–Crippen LogP) is 2.52. The van der Waals surface area contributed by atoms with Gasteiger partial charge in [-0.05, 0) is 51.3 Å². The quantitative estimate of drug-likeness (QED) is 0.689. The van der Waals surface area contributed by atoms with Gasteiger partial charge in [0.25, 0.3) is 0 Å². The molecule has 4 heterocycles. The number of aromatic nitrogens is 5. The fourth-order valence-electron chi connectivity index (χ4n) is 3.95. The van der Waals surface area contributed by atoms with Crippen LogP contribution in [0.3, 0.4) is 0 Å². The largest absolute Gasteiger partial charge is 0.338 e. The van der Waals surface area contributed by atoms with Crippen LogP contribution in [-0.4, -0.2) is 54.9 Å². The Hall–Kier alpha value is -2.90. The number of urea groups is 1.